The lowest BCUT2D eigenvalue weighted by Gasteiger charge is -2.06. The van der Waals surface area contributed by atoms with Crippen molar-refractivity contribution in [2.75, 3.05) is 0 Å². The number of fused-ring (bicyclic) bond motifs is 1. The van der Waals surface area contributed by atoms with Crippen LogP contribution in [0.2, 0.25) is 0 Å². The Morgan fingerprint density at radius 1 is 1.23 bits per heavy atom. The molecule has 0 unspecified atom stereocenters. The van der Waals surface area contributed by atoms with Crippen molar-refractivity contribution in [3.8, 4) is 0 Å². The molecule has 0 aliphatic heterocycles. The molecule has 1 N–H and O–H groups in total. The van der Waals surface area contributed by atoms with Gasteiger partial charge in [-0.15, -0.1) is 0 Å². The standard InChI is InChI=1S/C9H5F3N/c10-9(11,12)7-2-1-3-8-6(7)4-5-13-8/h1-3,5,13H. The molecule has 13 heavy (non-hydrogen) atoms. The maximum atomic E-state index is 12.4. The summed E-state index contributed by atoms with van der Waals surface area (Å²) in [6, 6.07) is 6.52. The minimum atomic E-state index is -4.31. The molecule has 0 amide bonds. The quantitative estimate of drug-likeness (QED) is 0.647. The highest BCUT2D eigenvalue weighted by Gasteiger charge is 2.32. The average molecular weight is 184 g/mol. The second-order valence-corrected chi connectivity index (χ2v) is 2.66. The first-order chi connectivity index (χ1) is 6.09. The van der Waals surface area contributed by atoms with Crippen molar-refractivity contribution in [1.82, 2.24) is 4.98 Å². The number of benzene rings is 1. The smallest absolute Gasteiger partial charge is 0.361 e. The van der Waals surface area contributed by atoms with Crippen molar-refractivity contribution >= 4 is 10.9 Å². The third-order valence-corrected chi connectivity index (χ3v) is 1.81. The molecule has 0 fully saturated rings. The summed E-state index contributed by atoms with van der Waals surface area (Å²) < 4.78 is 37.1. The van der Waals surface area contributed by atoms with E-state index in [0.29, 0.717) is 5.52 Å². The van der Waals surface area contributed by atoms with E-state index in [9.17, 15) is 13.2 Å². The second-order valence-electron chi connectivity index (χ2n) is 2.66. The molecular weight excluding hydrogens is 179 g/mol. The third kappa shape index (κ3) is 1.28. The van der Waals surface area contributed by atoms with E-state index in [1.807, 2.05) is 0 Å². The van der Waals surface area contributed by atoms with Gasteiger partial charge in [0.25, 0.3) is 0 Å². The highest BCUT2D eigenvalue weighted by Crippen LogP contribution is 2.33. The molecule has 1 radical (unpaired) electrons. The first-order valence-corrected chi connectivity index (χ1v) is 3.64. The van der Waals surface area contributed by atoms with Gasteiger partial charge in [-0.05, 0) is 12.1 Å². The van der Waals surface area contributed by atoms with Crippen molar-refractivity contribution in [3.63, 3.8) is 0 Å². The number of hydrogen-bond donors (Lipinski definition) is 1. The van der Waals surface area contributed by atoms with E-state index in [1.165, 1.54) is 12.3 Å². The zero-order valence-corrected chi connectivity index (χ0v) is 6.44. The highest BCUT2D eigenvalue weighted by molar-refractivity contribution is 5.82. The number of aromatic nitrogens is 1. The van der Waals surface area contributed by atoms with Crippen molar-refractivity contribution in [3.05, 3.63) is 36.0 Å². The molecule has 0 bridgehead atoms. The molecule has 4 heteroatoms. The molecule has 0 saturated heterocycles. The fourth-order valence-electron chi connectivity index (χ4n) is 1.25. The van der Waals surface area contributed by atoms with Gasteiger partial charge in [0.05, 0.1) is 5.56 Å². The average Bonchev–Trinajstić information content (AvgIpc) is 2.48. The van der Waals surface area contributed by atoms with E-state index in [2.05, 4.69) is 11.1 Å². The Hall–Kier alpha value is -1.45. The van der Waals surface area contributed by atoms with Crippen LogP contribution in [0.4, 0.5) is 13.2 Å². The van der Waals surface area contributed by atoms with Crippen LogP contribution in [0.3, 0.4) is 0 Å². The number of hydrogen-bond acceptors (Lipinski definition) is 0. The largest absolute Gasteiger partial charge is 0.417 e. The number of alkyl halides is 3. The number of halogens is 3. The summed E-state index contributed by atoms with van der Waals surface area (Å²) >= 11 is 0. The minimum absolute atomic E-state index is 0.0926. The maximum Gasteiger partial charge on any atom is 0.417 e. The van der Waals surface area contributed by atoms with Gasteiger partial charge in [-0.1, -0.05) is 6.07 Å². The van der Waals surface area contributed by atoms with Gasteiger partial charge < -0.3 is 4.98 Å². The zero-order chi connectivity index (χ0) is 9.47. The van der Waals surface area contributed by atoms with E-state index in [0.717, 1.165) is 6.07 Å². The van der Waals surface area contributed by atoms with E-state index < -0.39 is 11.7 Å². The molecule has 1 aromatic carbocycles. The fourth-order valence-corrected chi connectivity index (χ4v) is 1.25. The van der Waals surface area contributed by atoms with E-state index >= 15 is 0 Å². The Labute approximate surface area is 72.2 Å². The molecule has 1 aromatic heterocycles. The lowest BCUT2D eigenvalue weighted by molar-refractivity contribution is -0.136. The van der Waals surface area contributed by atoms with E-state index in [1.54, 1.807) is 6.07 Å². The second kappa shape index (κ2) is 2.52. The molecule has 67 valence electrons. The number of aromatic amines is 1. The number of rotatable bonds is 0. The molecule has 0 spiro atoms. The zero-order valence-electron chi connectivity index (χ0n) is 6.44. The van der Waals surface area contributed by atoms with Crippen molar-refractivity contribution in [2.45, 2.75) is 6.18 Å². The van der Waals surface area contributed by atoms with Crippen LogP contribution in [-0.4, -0.2) is 4.98 Å². The van der Waals surface area contributed by atoms with Gasteiger partial charge >= 0.3 is 6.18 Å². The summed E-state index contributed by atoms with van der Waals surface area (Å²) in [5.74, 6) is 0. The Kier molecular flexibility index (Phi) is 1.58. The number of nitrogens with one attached hydrogen (secondary N) is 1. The Bertz CT molecular complexity index is 428. The lowest BCUT2D eigenvalue weighted by atomic mass is 10.1. The van der Waals surface area contributed by atoms with Crippen molar-refractivity contribution in [2.24, 2.45) is 0 Å². The van der Waals surface area contributed by atoms with Gasteiger partial charge in [0.2, 0.25) is 0 Å². The molecule has 1 heterocycles. The van der Waals surface area contributed by atoms with E-state index in [4.69, 9.17) is 0 Å². The van der Waals surface area contributed by atoms with Crippen LogP contribution >= 0.6 is 0 Å². The predicted molar refractivity (Wildman–Crippen MR) is 42.1 cm³/mol. The molecular formula is C9H5F3N. The van der Waals surface area contributed by atoms with Gasteiger partial charge in [0, 0.05) is 23.2 Å². The SMILES string of the molecule is FC(F)(F)c1cccc2[nH]c[c]c12. The monoisotopic (exact) mass is 184 g/mol. The van der Waals surface area contributed by atoms with Crippen LogP contribution in [0.15, 0.2) is 24.4 Å². The Balaban J connectivity index is 2.75. The van der Waals surface area contributed by atoms with Crippen molar-refractivity contribution < 1.29 is 13.2 Å². The summed E-state index contributed by atoms with van der Waals surface area (Å²) in [6.07, 6.45) is -2.93. The summed E-state index contributed by atoms with van der Waals surface area (Å²) in [6.45, 7) is 0. The molecule has 2 rings (SSSR count). The van der Waals surface area contributed by atoms with Gasteiger partial charge in [0.1, 0.15) is 0 Å². The van der Waals surface area contributed by atoms with Crippen LogP contribution in [0.1, 0.15) is 5.56 Å². The maximum absolute atomic E-state index is 12.4. The topological polar surface area (TPSA) is 15.8 Å². The first kappa shape index (κ1) is 8.16. The minimum Gasteiger partial charge on any atom is -0.361 e. The summed E-state index contributed by atoms with van der Waals surface area (Å²) in [7, 11) is 0. The fraction of sp³-hybridized carbons (Fsp3) is 0.111. The molecule has 1 nitrogen and oxygen atoms in total. The summed E-state index contributed by atoms with van der Waals surface area (Å²) in [4.78, 5) is 2.68. The van der Waals surface area contributed by atoms with Gasteiger partial charge in [-0.25, -0.2) is 0 Å². The molecule has 0 aliphatic rings. The summed E-state index contributed by atoms with van der Waals surface area (Å²) in [5.41, 5.74) is -0.193. The third-order valence-electron chi connectivity index (χ3n) is 1.81. The molecule has 2 aromatic rings. The van der Waals surface area contributed by atoms with E-state index in [-0.39, 0.29) is 5.39 Å². The normalized spacial score (nSPS) is 12.2. The van der Waals surface area contributed by atoms with Gasteiger partial charge in [-0.2, -0.15) is 13.2 Å². The van der Waals surface area contributed by atoms with Crippen molar-refractivity contribution in [1.29, 1.82) is 0 Å². The molecule has 0 saturated carbocycles. The predicted octanol–water partition coefficient (Wildman–Crippen LogP) is 2.99. The van der Waals surface area contributed by atoms with Crippen LogP contribution < -0.4 is 0 Å². The van der Waals surface area contributed by atoms with Crippen LogP contribution in [0.5, 0.6) is 0 Å². The van der Waals surface area contributed by atoms with Crippen LogP contribution in [-0.2, 0) is 6.18 Å². The van der Waals surface area contributed by atoms with Gasteiger partial charge in [-0.3, -0.25) is 0 Å². The molecule has 0 aliphatic carbocycles. The summed E-state index contributed by atoms with van der Waals surface area (Å²) in [5, 5.41) is 0.0926. The molecule has 0 atom stereocenters. The Morgan fingerprint density at radius 2 is 2.00 bits per heavy atom. The van der Waals surface area contributed by atoms with Crippen LogP contribution in [0.25, 0.3) is 10.9 Å². The van der Waals surface area contributed by atoms with Gasteiger partial charge in [0.15, 0.2) is 0 Å². The Morgan fingerprint density at radius 3 is 2.69 bits per heavy atom. The highest BCUT2D eigenvalue weighted by atomic mass is 19.4. The lowest BCUT2D eigenvalue weighted by Crippen LogP contribution is -2.04. The first-order valence-electron chi connectivity index (χ1n) is 3.64. The number of H-pyrrole nitrogens is 1. The van der Waals surface area contributed by atoms with Crippen LogP contribution in [0, 0.1) is 6.07 Å².